The van der Waals surface area contributed by atoms with E-state index in [9.17, 15) is 5.11 Å². The summed E-state index contributed by atoms with van der Waals surface area (Å²) in [5.41, 5.74) is 1.28. The Kier molecular flexibility index (Phi) is 4.42. The van der Waals surface area contributed by atoms with Gasteiger partial charge >= 0.3 is 0 Å². The van der Waals surface area contributed by atoms with Crippen molar-refractivity contribution in [2.75, 3.05) is 26.8 Å². The van der Waals surface area contributed by atoms with Crippen molar-refractivity contribution >= 4 is 10.8 Å². The first-order chi connectivity index (χ1) is 10.3. The predicted molar refractivity (Wildman–Crippen MR) is 85.6 cm³/mol. The van der Waals surface area contributed by atoms with Crippen LogP contribution in [0.25, 0.3) is 10.8 Å². The number of hydrogen-bond donors (Lipinski definition) is 1. The third kappa shape index (κ3) is 3.04. The highest BCUT2D eigenvalue weighted by molar-refractivity contribution is 5.87. The van der Waals surface area contributed by atoms with Crippen LogP contribution in [-0.2, 0) is 6.54 Å². The summed E-state index contributed by atoms with van der Waals surface area (Å²) in [7, 11) is 1.74. The third-order valence-electron chi connectivity index (χ3n) is 4.56. The second-order valence-corrected chi connectivity index (χ2v) is 5.87. The molecule has 3 rings (SSSR count). The van der Waals surface area contributed by atoms with Crippen molar-refractivity contribution in [1.29, 1.82) is 0 Å². The van der Waals surface area contributed by atoms with E-state index in [4.69, 9.17) is 4.74 Å². The molecule has 0 bridgehead atoms. The van der Waals surface area contributed by atoms with Crippen LogP contribution in [0.5, 0.6) is 5.75 Å². The number of likely N-dealkylation sites (tertiary alicyclic amines) is 1. The fraction of sp³-hybridized carbons (Fsp3) is 0.444. The quantitative estimate of drug-likeness (QED) is 0.937. The summed E-state index contributed by atoms with van der Waals surface area (Å²) >= 11 is 0. The Morgan fingerprint density at radius 2 is 1.90 bits per heavy atom. The average molecular weight is 285 g/mol. The van der Waals surface area contributed by atoms with Gasteiger partial charge in [-0.05, 0) is 48.7 Å². The standard InChI is InChI=1S/C18H23NO2/c1-21-18-7-6-15-4-2-3-5-16(15)17(18)12-19-10-8-14(13-20)9-11-19/h2-7,14,20H,8-13H2,1H3. The molecule has 21 heavy (non-hydrogen) atoms. The summed E-state index contributed by atoms with van der Waals surface area (Å²) in [5.74, 6) is 1.45. The fourth-order valence-electron chi connectivity index (χ4n) is 3.22. The van der Waals surface area contributed by atoms with Gasteiger partial charge in [-0.1, -0.05) is 30.3 Å². The fourth-order valence-corrected chi connectivity index (χ4v) is 3.22. The van der Waals surface area contributed by atoms with E-state index in [1.807, 2.05) is 0 Å². The smallest absolute Gasteiger partial charge is 0.123 e. The van der Waals surface area contributed by atoms with Gasteiger partial charge in [0.25, 0.3) is 0 Å². The number of benzene rings is 2. The molecule has 0 spiro atoms. The Bertz CT molecular complexity index is 603. The molecule has 1 saturated heterocycles. The summed E-state index contributed by atoms with van der Waals surface area (Å²) in [6.07, 6.45) is 2.17. The molecule has 0 atom stereocenters. The van der Waals surface area contributed by atoms with Crippen molar-refractivity contribution < 1.29 is 9.84 Å². The normalized spacial score (nSPS) is 17.2. The van der Waals surface area contributed by atoms with Crippen molar-refractivity contribution in [3.8, 4) is 5.75 Å². The molecule has 112 valence electrons. The molecule has 1 fully saturated rings. The van der Waals surface area contributed by atoms with E-state index in [1.165, 1.54) is 16.3 Å². The summed E-state index contributed by atoms with van der Waals surface area (Å²) < 4.78 is 5.57. The van der Waals surface area contributed by atoms with Gasteiger partial charge in [0.1, 0.15) is 5.75 Å². The van der Waals surface area contributed by atoms with Gasteiger partial charge in [-0.25, -0.2) is 0 Å². The number of rotatable bonds is 4. The zero-order valence-corrected chi connectivity index (χ0v) is 12.6. The summed E-state index contributed by atoms with van der Waals surface area (Å²) in [4.78, 5) is 2.47. The van der Waals surface area contributed by atoms with Crippen LogP contribution in [0.2, 0.25) is 0 Å². The minimum absolute atomic E-state index is 0.325. The van der Waals surface area contributed by atoms with Gasteiger partial charge in [-0.3, -0.25) is 4.90 Å². The van der Waals surface area contributed by atoms with Crippen molar-refractivity contribution in [1.82, 2.24) is 4.90 Å². The number of aliphatic hydroxyl groups is 1. The Hall–Kier alpha value is -1.58. The van der Waals surface area contributed by atoms with Crippen molar-refractivity contribution in [3.05, 3.63) is 42.0 Å². The number of methoxy groups -OCH3 is 1. The molecule has 2 aromatic carbocycles. The molecule has 1 heterocycles. The highest BCUT2D eigenvalue weighted by Crippen LogP contribution is 2.30. The molecule has 1 N–H and O–H groups in total. The maximum absolute atomic E-state index is 9.25. The number of fused-ring (bicyclic) bond motifs is 1. The summed E-state index contributed by atoms with van der Waals surface area (Å²) in [6, 6.07) is 12.7. The first kappa shape index (κ1) is 14.4. The van der Waals surface area contributed by atoms with E-state index in [-0.39, 0.29) is 0 Å². The van der Waals surface area contributed by atoms with Gasteiger partial charge in [0.15, 0.2) is 0 Å². The lowest BCUT2D eigenvalue weighted by Crippen LogP contribution is -2.34. The SMILES string of the molecule is COc1ccc2ccccc2c1CN1CCC(CO)CC1. The largest absolute Gasteiger partial charge is 0.496 e. The van der Waals surface area contributed by atoms with Crippen molar-refractivity contribution in [2.45, 2.75) is 19.4 Å². The van der Waals surface area contributed by atoms with Crippen LogP contribution >= 0.6 is 0 Å². The Morgan fingerprint density at radius 1 is 1.14 bits per heavy atom. The number of aliphatic hydroxyl groups excluding tert-OH is 1. The molecular formula is C18H23NO2. The van der Waals surface area contributed by atoms with E-state index >= 15 is 0 Å². The lowest BCUT2D eigenvalue weighted by molar-refractivity contribution is 0.127. The molecule has 1 aliphatic rings. The van der Waals surface area contributed by atoms with Crippen LogP contribution in [0.4, 0.5) is 0 Å². The molecule has 3 heteroatoms. The van der Waals surface area contributed by atoms with Gasteiger partial charge in [0.05, 0.1) is 7.11 Å². The maximum Gasteiger partial charge on any atom is 0.123 e. The summed E-state index contributed by atoms with van der Waals surface area (Å²) in [5, 5.41) is 11.8. The van der Waals surface area contributed by atoms with E-state index in [0.29, 0.717) is 12.5 Å². The molecule has 1 aliphatic heterocycles. The molecule has 0 aliphatic carbocycles. The molecule has 0 unspecified atom stereocenters. The number of piperidine rings is 1. The van der Waals surface area contributed by atoms with Gasteiger partial charge in [-0.2, -0.15) is 0 Å². The minimum atomic E-state index is 0.325. The number of hydrogen-bond acceptors (Lipinski definition) is 3. The second kappa shape index (κ2) is 6.46. The van der Waals surface area contributed by atoms with Crippen LogP contribution in [0.15, 0.2) is 36.4 Å². The minimum Gasteiger partial charge on any atom is -0.496 e. The van der Waals surface area contributed by atoms with Gasteiger partial charge in [0.2, 0.25) is 0 Å². The topological polar surface area (TPSA) is 32.7 Å². The van der Waals surface area contributed by atoms with Crippen LogP contribution in [0, 0.1) is 5.92 Å². The number of nitrogens with zero attached hydrogens (tertiary/aromatic N) is 1. The monoisotopic (exact) mass is 285 g/mol. The highest BCUT2D eigenvalue weighted by atomic mass is 16.5. The first-order valence-corrected chi connectivity index (χ1v) is 7.69. The zero-order chi connectivity index (χ0) is 14.7. The van der Waals surface area contributed by atoms with Crippen molar-refractivity contribution in [3.63, 3.8) is 0 Å². The molecule has 0 amide bonds. The lowest BCUT2D eigenvalue weighted by Gasteiger charge is -2.31. The second-order valence-electron chi connectivity index (χ2n) is 5.87. The maximum atomic E-state index is 9.25. The van der Waals surface area contributed by atoms with Crippen molar-refractivity contribution in [2.24, 2.45) is 5.92 Å². The molecule has 0 aromatic heterocycles. The molecule has 0 saturated carbocycles. The van der Waals surface area contributed by atoms with E-state index in [2.05, 4.69) is 41.3 Å². The first-order valence-electron chi connectivity index (χ1n) is 7.69. The predicted octanol–water partition coefficient (Wildman–Crippen LogP) is 3.05. The zero-order valence-electron chi connectivity index (χ0n) is 12.6. The molecule has 3 nitrogen and oxygen atoms in total. The highest BCUT2D eigenvalue weighted by Gasteiger charge is 2.20. The lowest BCUT2D eigenvalue weighted by atomic mass is 9.96. The average Bonchev–Trinajstić information content (AvgIpc) is 2.56. The van der Waals surface area contributed by atoms with Crippen LogP contribution in [-0.4, -0.2) is 36.8 Å². The van der Waals surface area contributed by atoms with Crippen LogP contribution in [0.3, 0.4) is 0 Å². The van der Waals surface area contributed by atoms with Gasteiger partial charge < -0.3 is 9.84 Å². The third-order valence-corrected chi connectivity index (χ3v) is 4.56. The molecule has 0 radical (unpaired) electrons. The Labute approximate surface area is 126 Å². The summed E-state index contributed by atoms with van der Waals surface area (Å²) in [6.45, 7) is 3.35. The van der Waals surface area contributed by atoms with Crippen LogP contribution < -0.4 is 4.74 Å². The van der Waals surface area contributed by atoms with E-state index < -0.39 is 0 Å². The Morgan fingerprint density at radius 3 is 2.62 bits per heavy atom. The molecule has 2 aromatic rings. The Balaban J connectivity index is 1.85. The van der Waals surface area contributed by atoms with Gasteiger partial charge in [0, 0.05) is 18.7 Å². The molecular weight excluding hydrogens is 262 g/mol. The number of ether oxygens (including phenoxy) is 1. The van der Waals surface area contributed by atoms with Crippen LogP contribution in [0.1, 0.15) is 18.4 Å². The van der Waals surface area contributed by atoms with Gasteiger partial charge in [-0.15, -0.1) is 0 Å². The van der Waals surface area contributed by atoms with E-state index in [1.54, 1.807) is 7.11 Å². The van der Waals surface area contributed by atoms with E-state index in [0.717, 1.165) is 38.2 Å².